The fraction of sp³-hybridized carbons (Fsp3) is 0.320. The van der Waals surface area contributed by atoms with Crippen molar-refractivity contribution in [2.75, 3.05) is 54.1 Å². The summed E-state index contributed by atoms with van der Waals surface area (Å²) in [4.78, 5) is 24.5. The van der Waals surface area contributed by atoms with Gasteiger partial charge in [0, 0.05) is 24.8 Å². The summed E-state index contributed by atoms with van der Waals surface area (Å²) in [5.41, 5.74) is 8.02. The largest absolute Gasteiger partial charge is 0.378 e. The van der Waals surface area contributed by atoms with E-state index in [0.29, 0.717) is 60.2 Å². The van der Waals surface area contributed by atoms with E-state index in [-0.39, 0.29) is 29.3 Å². The second-order valence-corrected chi connectivity index (χ2v) is 10.7. The van der Waals surface area contributed by atoms with Crippen molar-refractivity contribution in [3.05, 3.63) is 48.0 Å². The summed E-state index contributed by atoms with van der Waals surface area (Å²) in [6.45, 7) is 3.15. The molecule has 1 aliphatic rings. The van der Waals surface area contributed by atoms with E-state index in [0.717, 1.165) is 0 Å². The minimum atomic E-state index is -3.92. The molecule has 39 heavy (non-hydrogen) atoms. The molecule has 0 bridgehead atoms. The van der Waals surface area contributed by atoms with Crippen LogP contribution in [0.25, 0.3) is 33.7 Å². The van der Waals surface area contributed by atoms with E-state index in [1.54, 1.807) is 25.3 Å². The lowest BCUT2D eigenvalue weighted by molar-refractivity contribution is 0.122. The Hall–Kier alpha value is -4.04. The van der Waals surface area contributed by atoms with Gasteiger partial charge in [-0.1, -0.05) is 6.07 Å². The lowest BCUT2D eigenvalue weighted by Gasteiger charge is -2.28. The third kappa shape index (κ3) is 5.71. The quantitative estimate of drug-likeness (QED) is 0.331. The van der Waals surface area contributed by atoms with Crippen molar-refractivity contribution in [2.45, 2.75) is 13.3 Å². The summed E-state index contributed by atoms with van der Waals surface area (Å²) >= 11 is 0. The van der Waals surface area contributed by atoms with Crippen molar-refractivity contribution >= 4 is 38.5 Å². The molecule has 0 aliphatic carbocycles. The molecule has 4 aromatic rings. The summed E-state index contributed by atoms with van der Waals surface area (Å²) < 4.78 is 60.2. The molecule has 0 unspecified atom stereocenters. The van der Waals surface area contributed by atoms with E-state index in [1.807, 2.05) is 4.90 Å². The lowest BCUT2D eigenvalue weighted by Crippen LogP contribution is -2.37. The number of pyridine rings is 1. The molecule has 0 saturated carbocycles. The van der Waals surface area contributed by atoms with Crippen LogP contribution in [0.15, 0.2) is 36.5 Å². The van der Waals surface area contributed by atoms with Crippen LogP contribution < -0.4 is 15.4 Å². The Balaban J connectivity index is 1.61. The highest BCUT2D eigenvalue weighted by Crippen LogP contribution is 2.32. The van der Waals surface area contributed by atoms with Crippen molar-refractivity contribution in [2.24, 2.45) is 0 Å². The molecule has 1 saturated heterocycles. The maximum atomic E-state index is 15.5. The van der Waals surface area contributed by atoms with Crippen molar-refractivity contribution in [1.29, 1.82) is 0 Å². The fourth-order valence-corrected chi connectivity index (χ4v) is 5.33. The Labute approximate surface area is 223 Å². The summed E-state index contributed by atoms with van der Waals surface area (Å²) in [5, 5.41) is 0. The van der Waals surface area contributed by atoms with Crippen LogP contribution in [0, 0.1) is 12.7 Å². The Morgan fingerprint density at radius 1 is 1.08 bits per heavy atom. The zero-order valence-corrected chi connectivity index (χ0v) is 21.9. The molecular weight excluding hydrogens is 530 g/mol. The number of fused-ring (bicyclic) bond motifs is 1. The van der Waals surface area contributed by atoms with E-state index >= 15 is 4.39 Å². The first-order valence-electron chi connectivity index (χ1n) is 12.2. The molecule has 1 aromatic carbocycles. The molecule has 0 atom stereocenters. The molecule has 204 valence electrons. The second-order valence-electron chi connectivity index (χ2n) is 8.89. The van der Waals surface area contributed by atoms with Gasteiger partial charge in [-0.3, -0.25) is 9.11 Å². The van der Waals surface area contributed by atoms with Gasteiger partial charge in [0.15, 0.2) is 17.5 Å². The monoisotopic (exact) mass is 556 g/mol. The number of aryl methyl sites for hydroxylation is 1. The van der Waals surface area contributed by atoms with Crippen molar-refractivity contribution < 1.29 is 21.9 Å². The number of nitrogens with zero attached hydrogens (tertiary/aromatic N) is 6. The van der Waals surface area contributed by atoms with Gasteiger partial charge in [-0.2, -0.15) is 0 Å². The third-order valence-electron chi connectivity index (χ3n) is 6.16. The van der Waals surface area contributed by atoms with Crippen LogP contribution in [0.3, 0.4) is 0 Å². The number of alkyl halides is 1. The summed E-state index contributed by atoms with van der Waals surface area (Å²) in [6, 6.07) is 7.63. The van der Waals surface area contributed by atoms with E-state index in [9.17, 15) is 12.8 Å². The van der Waals surface area contributed by atoms with Crippen LogP contribution in [0.4, 0.5) is 26.2 Å². The number of anilines is 3. The number of nitrogens with two attached hydrogens (primary N) is 1. The molecule has 3 N–H and O–H groups in total. The number of hydrogen-bond acceptors (Lipinski definition) is 10. The molecule has 0 amide bonds. The Morgan fingerprint density at radius 2 is 1.87 bits per heavy atom. The third-order valence-corrected chi connectivity index (χ3v) is 7.52. The normalized spacial score (nSPS) is 14.1. The number of benzene rings is 1. The number of nitrogen functional groups attached to an aromatic ring is 1. The molecule has 0 spiro atoms. The topological polar surface area (TPSA) is 149 Å². The number of nitrogens with one attached hydrogen (secondary N) is 1. The molecule has 14 heteroatoms. The first-order valence-corrected chi connectivity index (χ1v) is 13.9. The highest BCUT2D eigenvalue weighted by atomic mass is 32.2. The van der Waals surface area contributed by atoms with Crippen molar-refractivity contribution in [3.63, 3.8) is 0 Å². The standard InChI is InChI=1S/C25H26F2N8O3S/c1-15-17(14-29-25(28)30-15)23-32-20-7-6-18(31-22(20)24(33-23)35-9-11-38-12-10-35)16-4-2-5-19(21(16)27)34-39(36,37)13-3-8-26/h2,4-7,14,34H,3,8-13H2,1H3,(H2,28,29,30). The zero-order valence-electron chi connectivity index (χ0n) is 21.1. The first-order chi connectivity index (χ1) is 18.8. The van der Waals surface area contributed by atoms with Crippen LogP contribution in [0.5, 0.6) is 0 Å². The van der Waals surface area contributed by atoms with E-state index in [1.165, 1.54) is 18.2 Å². The second kappa shape index (κ2) is 11.0. The number of morpholine rings is 1. The molecule has 1 aliphatic heterocycles. The number of ether oxygens (including phenoxy) is 1. The highest BCUT2D eigenvalue weighted by Gasteiger charge is 2.22. The summed E-state index contributed by atoms with van der Waals surface area (Å²) in [6.07, 6.45) is 1.39. The number of hydrogen-bond donors (Lipinski definition) is 2. The number of sulfonamides is 1. The highest BCUT2D eigenvalue weighted by molar-refractivity contribution is 7.92. The van der Waals surface area contributed by atoms with Gasteiger partial charge in [-0.25, -0.2) is 37.7 Å². The molecule has 0 radical (unpaired) electrons. The molecule has 4 heterocycles. The average molecular weight is 557 g/mol. The first kappa shape index (κ1) is 26.6. The van der Waals surface area contributed by atoms with Gasteiger partial charge in [0.25, 0.3) is 0 Å². The average Bonchev–Trinajstić information content (AvgIpc) is 2.93. The molecule has 5 rings (SSSR count). The van der Waals surface area contributed by atoms with Crippen LogP contribution >= 0.6 is 0 Å². The minimum Gasteiger partial charge on any atom is -0.378 e. The van der Waals surface area contributed by atoms with Gasteiger partial charge in [0.2, 0.25) is 16.0 Å². The van der Waals surface area contributed by atoms with Gasteiger partial charge in [-0.15, -0.1) is 0 Å². The van der Waals surface area contributed by atoms with E-state index < -0.39 is 28.3 Å². The van der Waals surface area contributed by atoms with Gasteiger partial charge < -0.3 is 15.4 Å². The van der Waals surface area contributed by atoms with Crippen LogP contribution in [-0.2, 0) is 14.8 Å². The maximum Gasteiger partial charge on any atom is 0.232 e. The smallest absolute Gasteiger partial charge is 0.232 e. The van der Waals surface area contributed by atoms with Crippen molar-refractivity contribution in [1.82, 2.24) is 24.9 Å². The summed E-state index contributed by atoms with van der Waals surface area (Å²) in [7, 11) is -3.92. The Bertz CT molecular complexity index is 1630. The van der Waals surface area contributed by atoms with Crippen molar-refractivity contribution in [3.8, 4) is 22.6 Å². The minimum absolute atomic E-state index is 0.0855. The van der Waals surface area contributed by atoms with Crippen LogP contribution in [-0.4, -0.2) is 72.1 Å². The zero-order chi connectivity index (χ0) is 27.6. The van der Waals surface area contributed by atoms with Gasteiger partial charge in [0.05, 0.1) is 53.8 Å². The SMILES string of the molecule is Cc1nc(N)ncc1-c1nc(N2CCOCC2)c2nc(-c3cccc(NS(=O)(=O)CCCF)c3F)ccc2n1. The molecule has 1 fully saturated rings. The Morgan fingerprint density at radius 3 is 2.62 bits per heavy atom. The molecular formula is C25H26F2N8O3S. The number of halogens is 2. The number of aromatic nitrogens is 5. The summed E-state index contributed by atoms with van der Waals surface area (Å²) in [5.74, 6) is -0.173. The molecule has 11 nitrogen and oxygen atoms in total. The van der Waals surface area contributed by atoms with E-state index in [2.05, 4.69) is 19.7 Å². The van der Waals surface area contributed by atoms with Gasteiger partial charge >= 0.3 is 0 Å². The maximum absolute atomic E-state index is 15.5. The van der Waals surface area contributed by atoms with E-state index in [4.69, 9.17) is 20.4 Å². The lowest BCUT2D eigenvalue weighted by atomic mass is 10.1. The predicted octanol–water partition coefficient (Wildman–Crippen LogP) is 3.12. The predicted molar refractivity (Wildman–Crippen MR) is 144 cm³/mol. The number of rotatable bonds is 8. The van der Waals surface area contributed by atoms with Gasteiger partial charge in [0.1, 0.15) is 5.52 Å². The van der Waals surface area contributed by atoms with Crippen LogP contribution in [0.2, 0.25) is 0 Å². The van der Waals surface area contributed by atoms with Gasteiger partial charge in [-0.05, 0) is 37.6 Å². The Kier molecular flexibility index (Phi) is 7.48. The van der Waals surface area contributed by atoms with Crippen LogP contribution in [0.1, 0.15) is 12.1 Å². The molecule has 3 aromatic heterocycles. The fourth-order valence-electron chi connectivity index (χ4n) is 4.24.